The molecule has 8 heavy (non-hydrogen) atoms. The van der Waals surface area contributed by atoms with Gasteiger partial charge in [-0.2, -0.15) is 0 Å². The first-order valence-electron chi connectivity index (χ1n) is 2.50. The maximum atomic E-state index is 8.59. The highest BCUT2D eigenvalue weighted by Crippen LogP contribution is 1.99. The van der Waals surface area contributed by atoms with E-state index in [9.17, 15) is 0 Å². The van der Waals surface area contributed by atoms with Gasteiger partial charge in [0.1, 0.15) is 0 Å². The van der Waals surface area contributed by atoms with Crippen molar-refractivity contribution < 1.29 is 14.9 Å². The van der Waals surface area contributed by atoms with Crippen LogP contribution in [0.25, 0.3) is 0 Å². The van der Waals surface area contributed by atoms with Crippen LogP contribution >= 0.6 is 0 Å². The highest BCUT2D eigenvalue weighted by Gasteiger charge is 2.20. The molecule has 48 valence electrons. The zero-order valence-corrected chi connectivity index (χ0v) is 4.37. The van der Waals surface area contributed by atoms with Gasteiger partial charge in [0.05, 0.1) is 12.7 Å². The monoisotopic (exact) mass is 119 g/mol. The molecule has 0 aromatic carbocycles. The molecule has 1 fully saturated rings. The summed E-state index contributed by atoms with van der Waals surface area (Å²) in [5, 5.41) is 19.6. The number of aliphatic hydroxyl groups is 2. The lowest BCUT2D eigenvalue weighted by Gasteiger charge is -2.02. The number of hydrogen-bond acceptors (Lipinski definition) is 4. The van der Waals surface area contributed by atoms with E-state index in [-0.39, 0.29) is 12.7 Å². The van der Waals surface area contributed by atoms with Crippen molar-refractivity contribution in [1.82, 2.24) is 5.32 Å². The molecular formula is C4H9NO3. The molecular weight excluding hydrogens is 110 g/mol. The van der Waals surface area contributed by atoms with Crippen LogP contribution < -0.4 is 5.32 Å². The van der Waals surface area contributed by atoms with Crippen LogP contribution in [0.5, 0.6) is 0 Å². The Morgan fingerprint density at radius 3 is 2.75 bits per heavy atom. The molecule has 1 saturated heterocycles. The summed E-state index contributed by atoms with van der Waals surface area (Å²) >= 11 is 0. The molecule has 0 saturated carbocycles. The van der Waals surface area contributed by atoms with Crippen molar-refractivity contribution >= 4 is 0 Å². The molecule has 2 atom stereocenters. The molecule has 4 heteroatoms. The highest BCUT2D eigenvalue weighted by molar-refractivity contribution is 4.65. The Balaban J connectivity index is 2.22. The first kappa shape index (κ1) is 5.97. The topological polar surface area (TPSA) is 61.7 Å². The van der Waals surface area contributed by atoms with Crippen LogP contribution in [-0.2, 0) is 4.74 Å². The second-order valence-electron chi connectivity index (χ2n) is 1.70. The van der Waals surface area contributed by atoms with Crippen LogP contribution in [0.4, 0.5) is 0 Å². The van der Waals surface area contributed by atoms with Crippen molar-refractivity contribution in [2.24, 2.45) is 0 Å². The van der Waals surface area contributed by atoms with Crippen LogP contribution in [0.15, 0.2) is 0 Å². The lowest BCUT2D eigenvalue weighted by molar-refractivity contribution is -0.109. The standard InChI is InChI=1S/C4H9NO3/c6-2-3-1-5-4(7)8-3/h3-7H,1-2H2/t3-,4?/m1/s1. The van der Waals surface area contributed by atoms with E-state index in [1.54, 1.807) is 0 Å². The Hall–Kier alpha value is -0.160. The van der Waals surface area contributed by atoms with Crippen molar-refractivity contribution in [3.63, 3.8) is 0 Å². The van der Waals surface area contributed by atoms with E-state index < -0.39 is 6.41 Å². The van der Waals surface area contributed by atoms with E-state index >= 15 is 0 Å². The number of ether oxygens (including phenoxy) is 1. The molecule has 1 aliphatic heterocycles. The fourth-order valence-corrected chi connectivity index (χ4v) is 0.618. The Bertz CT molecular complexity index is 77.7. The van der Waals surface area contributed by atoms with Gasteiger partial charge in [-0.15, -0.1) is 0 Å². The smallest absolute Gasteiger partial charge is 0.213 e. The average molecular weight is 119 g/mol. The van der Waals surface area contributed by atoms with Crippen molar-refractivity contribution in [2.75, 3.05) is 13.2 Å². The third-order valence-corrected chi connectivity index (χ3v) is 1.05. The number of hydrogen-bond donors (Lipinski definition) is 3. The van der Waals surface area contributed by atoms with Crippen LogP contribution in [0.3, 0.4) is 0 Å². The summed E-state index contributed by atoms with van der Waals surface area (Å²) in [6, 6.07) is 0. The Morgan fingerprint density at radius 1 is 1.75 bits per heavy atom. The maximum absolute atomic E-state index is 8.59. The summed E-state index contributed by atoms with van der Waals surface area (Å²) in [5.74, 6) is 0. The van der Waals surface area contributed by atoms with Gasteiger partial charge in [-0.3, -0.25) is 5.32 Å². The average Bonchev–Trinajstić information content (AvgIpc) is 2.14. The molecule has 0 radical (unpaired) electrons. The predicted molar refractivity (Wildman–Crippen MR) is 26.0 cm³/mol. The van der Waals surface area contributed by atoms with E-state index in [2.05, 4.69) is 5.32 Å². The molecule has 0 bridgehead atoms. The van der Waals surface area contributed by atoms with Crippen LogP contribution in [0, 0.1) is 0 Å². The third-order valence-electron chi connectivity index (χ3n) is 1.05. The lowest BCUT2D eigenvalue weighted by Crippen LogP contribution is -2.21. The molecule has 1 aliphatic rings. The van der Waals surface area contributed by atoms with Gasteiger partial charge in [0.2, 0.25) is 6.41 Å². The Labute approximate surface area is 47.1 Å². The summed E-state index contributed by atoms with van der Waals surface area (Å²) in [5.41, 5.74) is 0. The third kappa shape index (κ3) is 1.16. The van der Waals surface area contributed by atoms with Crippen molar-refractivity contribution in [1.29, 1.82) is 0 Å². The Morgan fingerprint density at radius 2 is 2.50 bits per heavy atom. The molecule has 3 N–H and O–H groups in total. The largest absolute Gasteiger partial charge is 0.394 e. The van der Waals surface area contributed by atoms with Crippen molar-refractivity contribution in [3.8, 4) is 0 Å². The van der Waals surface area contributed by atoms with Gasteiger partial charge in [-0.25, -0.2) is 0 Å². The SMILES string of the molecule is OC[C@H]1CNC(O)O1. The minimum absolute atomic E-state index is 0.0376. The van der Waals surface area contributed by atoms with Gasteiger partial charge >= 0.3 is 0 Å². The van der Waals surface area contributed by atoms with E-state index in [1.807, 2.05) is 0 Å². The normalized spacial score (nSPS) is 38.2. The number of rotatable bonds is 1. The summed E-state index contributed by atoms with van der Waals surface area (Å²) in [7, 11) is 0. The Kier molecular flexibility index (Phi) is 1.80. The summed E-state index contributed by atoms with van der Waals surface area (Å²) in [6.45, 7) is 0.488. The van der Waals surface area contributed by atoms with Gasteiger partial charge in [0, 0.05) is 6.54 Å². The minimum Gasteiger partial charge on any atom is -0.394 e. The first-order valence-corrected chi connectivity index (χ1v) is 2.50. The predicted octanol–water partition coefficient (Wildman–Crippen LogP) is -1.76. The molecule has 1 rings (SSSR count). The molecule has 1 heterocycles. The molecule has 0 amide bonds. The lowest BCUT2D eigenvalue weighted by atomic mass is 10.4. The molecule has 1 unspecified atom stereocenters. The summed E-state index contributed by atoms with van der Waals surface area (Å²) < 4.78 is 4.70. The second-order valence-corrected chi connectivity index (χ2v) is 1.70. The van der Waals surface area contributed by atoms with Crippen molar-refractivity contribution in [2.45, 2.75) is 12.5 Å². The van der Waals surface area contributed by atoms with Gasteiger partial charge in [-0.05, 0) is 0 Å². The first-order chi connectivity index (χ1) is 3.83. The zero-order valence-electron chi connectivity index (χ0n) is 4.37. The fraction of sp³-hybridized carbons (Fsp3) is 1.00. The van der Waals surface area contributed by atoms with Gasteiger partial charge in [0.15, 0.2) is 0 Å². The molecule has 0 spiro atoms. The zero-order chi connectivity index (χ0) is 5.98. The number of aliphatic hydroxyl groups excluding tert-OH is 2. The van der Waals surface area contributed by atoms with Crippen LogP contribution in [-0.4, -0.2) is 35.9 Å². The maximum Gasteiger partial charge on any atom is 0.213 e. The van der Waals surface area contributed by atoms with Crippen LogP contribution in [0.1, 0.15) is 0 Å². The fourth-order valence-electron chi connectivity index (χ4n) is 0.618. The summed E-state index contributed by atoms with van der Waals surface area (Å²) in [4.78, 5) is 0. The van der Waals surface area contributed by atoms with Gasteiger partial charge in [-0.1, -0.05) is 0 Å². The van der Waals surface area contributed by atoms with E-state index in [0.717, 1.165) is 0 Å². The molecule has 0 aliphatic carbocycles. The van der Waals surface area contributed by atoms with E-state index in [4.69, 9.17) is 14.9 Å². The van der Waals surface area contributed by atoms with Gasteiger partial charge in [0.25, 0.3) is 0 Å². The van der Waals surface area contributed by atoms with E-state index in [0.29, 0.717) is 6.54 Å². The second kappa shape index (κ2) is 2.41. The minimum atomic E-state index is -0.882. The van der Waals surface area contributed by atoms with E-state index in [1.165, 1.54) is 0 Å². The molecule has 0 aromatic rings. The number of nitrogens with one attached hydrogen (secondary N) is 1. The quantitative estimate of drug-likeness (QED) is 0.383. The highest BCUT2D eigenvalue weighted by atomic mass is 16.6. The molecule has 0 aromatic heterocycles. The molecule has 4 nitrogen and oxygen atoms in total. The van der Waals surface area contributed by atoms with Gasteiger partial charge < -0.3 is 14.9 Å². The van der Waals surface area contributed by atoms with Crippen molar-refractivity contribution in [3.05, 3.63) is 0 Å². The summed E-state index contributed by atoms with van der Waals surface area (Å²) in [6.07, 6.45) is -1.11. The van der Waals surface area contributed by atoms with Crippen LogP contribution in [0.2, 0.25) is 0 Å².